The van der Waals surface area contributed by atoms with Gasteiger partial charge in [0.25, 0.3) is 0 Å². The van der Waals surface area contributed by atoms with Crippen LogP contribution in [0, 0.1) is 5.92 Å². The van der Waals surface area contributed by atoms with Crippen molar-refractivity contribution in [3.05, 3.63) is 29.8 Å². The smallest absolute Gasteiger partial charge is 0.341 e. The van der Waals surface area contributed by atoms with Gasteiger partial charge in [-0.1, -0.05) is 18.2 Å². The summed E-state index contributed by atoms with van der Waals surface area (Å²) in [6.45, 7) is 4.39. The summed E-state index contributed by atoms with van der Waals surface area (Å²) in [7, 11) is 0. The van der Waals surface area contributed by atoms with Crippen molar-refractivity contribution < 1.29 is 19.1 Å². The van der Waals surface area contributed by atoms with E-state index in [0.29, 0.717) is 24.7 Å². The summed E-state index contributed by atoms with van der Waals surface area (Å²) in [5.74, 6) is 0.316. The SMILES string of the molecule is CCOc1ccccc1C1NC(=O)N=C(C)C1C(=O)OCCSC. The quantitative estimate of drug-likeness (QED) is 0.604. The highest BCUT2D eigenvalue weighted by Crippen LogP contribution is 2.33. The first kappa shape index (κ1) is 18.3. The summed E-state index contributed by atoms with van der Waals surface area (Å²) < 4.78 is 11.0. The molecule has 0 aliphatic carbocycles. The van der Waals surface area contributed by atoms with Crippen molar-refractivity contribution in [2.75, 3.05) is 25.2 Å². The van der Waals surface area contributed by atoms with Crippen molar-refractivity contribution in [3.63, 3.8) is 0 Å². The van der Waals surface area contributed by atoms with Gasteiger partial charge in [-0.2, -0.15) is 11.8 Å². The molecule has 0 radical (unpaired) electrons. The van der Waals surface area contributed by atoms with Crippen LogP contribution in [-0.4, -0.2) is 42.9 Å². The van der Waals surface area contributed by atoms with Crippen LogP contribution in [0.1, 0.15) is 25.5 Å². The molecule has 2 unspecified atom stereocenters. The Morgan fingerprint density at radius 1 is 1.38 bits per heavy atom. The van der Waals surface area contributed by atoms with Gasteiger partial charge in [-0.3, -0.25) is 4.79 Å². The van der Waals surface area contributed by atoms with Crippen LogP contribution < -0.4 is 10.1 Å². The van der Waals surface area contributed by atoms with Crippen LogP contribution in [0.3, 0.4) is 0 Å². The van der Waals surface area contributed by atoms with E-state index in [-0.39, 0.29) is 5.97 Å². The number of para-hydroxylation sites is 1. The molecule has 6 nitrogen and oxygen atoms in total. The van der Waals surface area contributed by atoms with E-state index in [1.165, 1.54) is 0 Å². The number of hydrogen-bond donors (Lipinski definition) is 1. The van der Waals surface area contributed by atoms with E-state index in [0.717, 1.165) is 11.3 Å². The van der Waals surface area contributed by atoms with E-state index < -0.39 is 18.0 Å². The second-order valence-corrected chi connectivity index (χ2v) is 6.27. The minimum Gasteiger partial charge on any atom is -0.494 e. The first-order chi connectivity index (χ1) is 11.6. The van der Waals surface area contributed by atoms with Crippen LogP contribution in [0.4, 0.5) is 4.79 Å². The lowest BCUT2D eigenvalue weighted by Crippen LogP contribution is -2.44. The number of ether oxygens (including phenoxy) is 2. The van der Waals surface area contributed by atoms with E-state index in [9.17, 15) is 9.59 Å². The molecule has 130 valence electrons. The maximum absolute atomic E-state index is 12.5. The molecule has 24 heavy (non-hydrogen) atoms. The van der Waals surface area contributed by atoms with Crippen LogP contribution in [-0.2, 0) is 9.53 Å². The van der Waals surface area contributed by atoms with Gasteiger partial charge in [-0.05, 0) is 26.2 Å². The highest BCUT2D eigenvalue weighted by Gasteiger charge is 2.39. The molecule has 0 bridgehead atoms. The maximum atomic E-state index is 12.5. The van der Waals surface area contributed by atoms with Gasteiger partial charge in [0.2, 0.25) is 0 Å². The Balaban J connectivity index is 2.33. The number of thioether (sulfide) groups is 1. The molecule has 0 spiro atoms. The Hall–Kier alpha value is -2.02. The van der Waals surface area contributed by atoms with Crippen LogP contribution in [0.25, 0.3) is 0 Å². The minimum atomic E-state index is -0.661. The third-order valence-electron chi connectivity index (χ3n) is 3.68. The van der Waals surface area contributed by atoms with Gasteiger partial charge < -0.3 is 14.8 Å². The minimum absolute atomic E-state index is 0.331. The molecule has 2 atom stereocenters. The molecule has 0 saturated carbocycles. The zero-order valence-corrected chi connectivity index (χ0v) is 14.9. The zero-order chi connectivity index (χ0) is 17.5. The number of benzene rings is 1. The van der Waals surface area contributed by atoms with Crippen LogP contribution in [0.5, 0.6) is 5.75 Å². The van der Waals surface area contributed by atoms with Gasteiger partial charge in [0, 0.05) is 17.0 Å². The largest absolute Gasteiger partial charge is 0.494 e. The molecule has 2 rings (SSSR count). The second kappa shape index (κ2) is 8.73. The number of nitrogens with one attached hydrogen (secondary N) is 1. The van der Waals surface area contributed by atoms with Crippen LogP contribution in [0.2, 0.25) is 0 Å². The molecule has 2 amide bonds. The lowest BCUT2D eigenvalue weighted by Gasteiger charge is -2.30. The Kier molecular flexibility index (Phi) is 6.66. The van der Waals surface area contributed by atoms with E-state index in [1.54, 1.807) is 18.7 Å². The monoisotopic (exact) mass is 350 g/mol. The highest BCUT2D eigenvalue weighted by molar-refractivity contribution is 7.98. The van der Waals surface area contributed by atoms with E-state index in [2.05, 4.69) is 10.3 Å². The number of urea groups is 1. The van der Waals surface area contributed by atoms with Crippen molar-refractivity contribution in [1.29, 1.82) is 0 Å². The molecule has 1 aliphatic heterocycles. The van der Waals surface area contributed by atoms with Gasteiger partial charge in [-0.25, -0.2) is 9.79 Å². The molecule has 0 fully saturated rings. The molecule has 1 aliphatic rings. The molecule has 7 heteroatoms. The first-order valence-electron chi connectivity index (χ1n) is 7.81. The van der Waals surface area contributed by atoms with Crippen molar-refractivity contribution in [3.8, 4) is 5.75 Å². The summed E-state index contributed by atoms with van der Waals surface area (Å²) in [5, 5.41) is 2.77. The predicted octanol–water partition coefficient (Wildman–Crippen LogP) is 2.83. The van der Waals surface area contributed by atoms with Crippen LogP contribution >= 0.6 is 11.8 Å². The summed E-state index contributed by atoms with van der Waals surface area (Å²) in [5.41, 5.74) is 1.19. The van der Waals surface area contributed by atoms with Crippen molar-refractivity contribution >= 4 is 29.5 Å². The zero-order valence-electron chi connectivity index (χ0n) is 14.1. The number of carbonyl (C=O) groups excluding carboxylic acids is 2. The van der Waals surface area contributed by atoms with Gasteiger partial charge in [0.15, 0.2) is 0 Å². The van der Waals surface area contributed by atoms with Crippen molar-refractivity contribution in [1.82, 2.24) is 5.32 Å². The fourth-order valence-electron chi connectivity index (χ4n) is 2.62. The molecular formula is C17H22N2O4S. The van der Waals surface area contributed by atoms with Gasteiger partial charge in [0.05, 0.1) is 12.6 Å². The second-order valence-electron chi connectivity index (χ2n) is 5.29. The fraction of sp³-hybridized carbons (Fsp3) is 0.471. The lowest BCUT2D eigenvalue weighted by atomic mass is 9.88. The van der Waals surface area contributed by atoms with Crippen molar-refractivity contribution in [2.45, 2.75) is 19.9 Å². The molecule has 1 aromatic rings. The average molecular weight is 350 g/mol. The topological polar surface area (TPSA) is 77.0 Å². The van der Waals surface area contributed by atoms with E-state index >= 15 is 0 Å². The fourth-order valence-corrected chi connectivity index (χ4v) is 2.87. The normalized spacial score (nSPS) is 20.1. The number of hydrogen-bond acceptors (Lipinski definition) is 5. The standard InChI is InChI=1S/C17H22N2O4S/c1-4-22-13-8-6-5-7-12(13)15-14(11(2)18-17(21)19-15)16(20)23-9-10-24-3/h5-8,14-15H,4,9-10H2,1-3H3,(H,19,21). The Labute approximate surface area is 146 Å². The van der Waals surface area contributed by atoms with Crippen LogP contribution in [0.15, 0.2) is 29.3 Å². The summed E-state index contributed by atoms with van der Waals surface area (Å²) >= 11 is 1.60. The Morgan fingerprint density at radius 3 is 2.83 bits per heavy atom. The number of aliphatic imine (C=N–C) groups is 1. The molecule has 1 N–H and O–H groups in total. The highest BCUT2D eigenvalue weighted by atomic mass is 32.2. The number of nitrogens with zero attached hydrogens (tertiary/aromatic N) is 1. The van der Waals surface area contributed by atoms with E-state index in [1.807, 2.05) is 37.4 Å². The molecule has 1 aromatic carbocycles. The summed E-state index contributed by atoms with van der Waals surface area (Å²) in [4.78, 5) is 28.3. The molecule has 0 aromatic heterocycles. The van der Waals surface area contributed by atoms with Gasteiger partial charge in [0.1, 0.15) is 18.3 Å². The van der Waals surface area contributed by atoms with Gasteiger partial charge in [-0.15, -0.1) is 0 Å². The Bertz CT molecular complexity index is 633. The van der Waals surface area contributed by atoms with E-state index in [4.69, 9.17) is 9.47 Å². The maximum Gasteiger partial charge on any atom is 0.341 e. The number of rotatable bonds is 7. The average Bonchev–Trinajstić information content (AvgIpc) is 2.55. The number of esters is 1. The molecule has 1 heterocycles. The summed E-state index contributed by atoms with van der Waals surface area (Å²) in [6, 6.07) is 6.35. The number of carbonyl (C=O) groups is 2. The molecule has 0 saturated heterocycles. The third-order valence-corrected chi connectivity index (χ3v) is 4.25. The predicted molar refractivity (Wildman–Crippen MR) is 94.8 cm³/mol. The Morgan fingerprint density at radius 2 is 2.12 bits per heavy atom. The lowest BCUT2D eigenvalue weighted by molar-refractivity contribution is -0.146. The number of amides is 2. The van der Waals surface area contributed by atoms with Crippen molar-refractivity contribution in [2.24, 2.45) is 10.9 Å². The van der Waals surface area contributed by atoms with Gasteiger partial charge >= 0.3 is 12.0 Å². The third kappa shape index (κ3) is 4.29. The summed E-state index contributed by atoms with van der Waals surface area (Å²) in [6.07, 6.45) is 1.95. The first-order valence-corrected chi connectivity index (χ1v) is 9.20. The molecular weight excluding hydrogens is 328 g/mol.